The molecule has 0 bridgehead atoms. The maximum Gasteiger partial charge on any atom is 0.417 e. The van der Waals surface area contributed by atoms with Gasteiger partial charge in [0.1, 0.15) is 0 Å². The topological polar surface area (TPSA) is 116 Å². The van der Waals surface area contributed by atoms with Crippen LogP contribution in [0.3, 0.4) is 0 Å². The van der Waals surface area contributed by atoms with Gasteiger partial charge in [0.05, 0.1) is 5.52 Å². The monoisotopic (exact) mass is 360 g/mol. The van der Waals surface area contributed by atoms with Crippen LogP contribution in [0, 0.1) is 0 Å². The number of aromatic amines is 1. The summed E-state index contributed by atoms with van der Waals surface area (Å²) in [5, 5.41) is 8.54. The van der Waals surface area contributed by atoms with Crippen molar-refractivity contribution in [3.8, 4) is 0 Å². The second kappa shape index (κ2) is 8.55. The molecule has 1 aromatic heterocycles. The maximum absolute atomic E-state index is 12.0. The molecule has 3 amide bonds. The van der Waals surface area contributed by atoms with E-state index in [0.29, 0.717) is 36.2 Å². The van der Waals surface area contributed by atoms with Crippen LogP contribution in [0.4, 0.5) is 10.5 Å². The van der Waals surface area contributed by atoms with E-state index < -0.39 is 5.76 Å². The van der Waals surface area contributed by atoms with Gasteiger partial charge in [-0.15, -0.1) is 0 Å². The van der Waals surface area contributed by atoms with Gasteiger partial charge in [-0.3, -0.25) is 9.78 Å². The summed E-state index contributed by atoms with van der Waals surface area (Å²) in [5.41, 5.74) is 1.57. The number of hydrogen-bond donors (Lipinski definition) is 4. The standard InChI is InChI=1S/C18H24N4O4/c23-16(20-13-8-9-15-14(11-13)22-18(25)26-15)7-4-10-19-17(24)21-12-5-2-1-3-6-12/h8-9,11-12H,1-7,10H2,(H,20,23)(H,22,25)(H2,19,21,24). The molecule has 0 spiro atoms. The van der Waals surface area contributed by atoms with E-state index in [2.05, 4.69) is 20.9 Å². The highest BCUT2D eigenvalue weighted by atomic mass is 16.4. The number of aromatic nitrogens is 1. The van der Waals surface area contributed by atoms with Crippen LogP contribution >= 0.6 is 0 Å². The molecule has 2 aromatic rings. The van der Waals surface area contributed by atoms with Crippen molar-refractivity contribution in [2.75, 3.05) is 11.9 Å². The lowest BCUT2D eigenvalue weighted by Gasteiger charge is -2.22. The third kappa shape index (κ3) is 5.11. The molecule has 3 rings (SSSR count). The van der Waals surface area contributed by atoms with Gasteiger partial charge in [-0.25, -0.2) is 9.59 Å². The third-order valence-corrected chi connectivity index (χ3v) is 4.51. The molecule has 26 heavy (non-hydrogen) atoms. The van der Waals surface area contributed by atoms with Gasteiger partial charge in [-0.2, -0.15) is 0 Å². The largest absolute Gasteiger partial charge is 0.417 e. The van der Waals surface area contributed by atoms with Gasteiger partial charge in [-0.1, -0.05) is 19.3 Å². The quantitative estimate of drug-likeness (QED) is 0.592. The average Bonchev–Trinajstić information content (AvgIpc) is 2.99. The van der Waals surface area contributed by atoms with Crippen molar-refractivity contribution >= 4 is 28.7 Å². The Bertz CT molecular complexity index is 820. The Morgan fingerprint density at radius 2 is 2.00 bits per heavy atom. The second-order valence-corrected chi connectivity index (χ2v) is 6.61. The van der Waals surface area contributed by atoms with Crippen LogP contribution in [0.25, 0.3) is 11.1 Å². The van der Waals surface area contributed by atoms with Crippen LogP contribution in [-0.2, 0) is 4.79 Å². The molecule has 140 valence electrons. The number of benzene rings is 1. The van der Waals surface area contributed by atoms with Crippen molar-refractivity contribution in [2.45, 2.75) is 51.0 Å². The summed E-state index contributed by atoms with van der Waals surface area (Å²) in [6.45, 7) is 0.445. The predicted molar refractivity (Wildman–Crippen MR) is 98.1 cm³/mol. The Labute approximate surface area is 150 Å². The molecule has 0 saturated heterocycles. The fraction of sp³-hybridized carbons (Fsp3) is 0.500. The van der Waals surface area contributed by atoms with Gasteiger partial charge >= 0.3 is 11.8 Å². The number of nitrogens with one attached hydrogen (secondary N) is 4. The number of hydrogen-bond acceptors (Lipinski definition) is 4. The molecule has 0 radical (unpaired) electrons. The fourth-order valence-electron chi connectivity index (χ4n) is 3.19. The smallest absolute Gasteiger partial charge is 0.408 e. The Kier molecular flexibility index (Phi) is 5.93. The highest BCUT2D eigenvalue weighted by molar-refractivity contribution is 5.92. The molecule has 1 heterocycles. The van der Waals surface area contributed by atoms with Crippen LogP contribution in [-0.4, -0.2) is 29.5 Å². The summed E-state index contributed by atoms with van der Waals surface area (Å²) in [6.07, 6.45) is 6.52. The molecule has 0 unspecified atom stereocenters. The fourth-order valence-corrected chi connectivity index (χ4v) is 3.19. The number of oxazole rings is 1. The minimum absolute atomic E-state index is 0.148. The molecule has 0 atom stereocenters. The number of carbonyl (C=O) groups is 2. The Hall–Kier alpha value is -2.77. The van der Waals surface area contributed by atoms with E-state index in [0.717, 1.165) is 12.8 Å². The molecule has 1 aliphatic rings. The number of amides is 3. The minimum atomic E-state index is -0.527. The first kappa shape index (κ1) is 18.0. The molecular weight excluding hydrogens is 336 g/mol. The summed E-state index contributed by atoms with van der Waals surface area (Å²) in [6, 6.07) is 5.06. The van der Waals surface area contributed by atoms with E-state index in [-0.39, 0.29) is 18.0 Å². The van der Waals surface area contributed by atoms with Crippen molar-refractivity contribution in [3.63, 3.8) is 0 Å². The lowest BCUT2D eigenvalue weighted by Crippen LogP contribution is -2.43. The summed E-state index contributed by atoms with van der Waals surface area (Å²) < 4.78 is 4.91. The molecule has 8 heteroatoms. The van der Waals surface area contributed by atoms with Crippen molar-refractivity contribution < 1.29 is 14.0 Å². The Morgan fingerprint density at radius 3 is 2.81 bits per heavy atom. The summed E-state index contributed by atoms with van der Waals surface area (Å²) in [4.78, 5) is 37.5. The summed E-state index contributed by atoms with van der Waals surface area (Å²) in [5.74, 6) is -0.675. The highest BCUT2D eigenvalue weighted by Gasteiger charge is 2.15. The number of carbonyl (C=O) groups excluding carboxylic acids is 2. The van der Waals surface area contributed by atoms with Gasteiger partial charge in [0.2, 0.25) is 5.91 Å². The zero-order valence-corrected chi connectivity index (χ0v) is 14.6. The molecule has 1 fully saturated rings. The predicted octanol–water partition coefficient (Wildman–Crippen LogP) is 2.47. The average molecular weight is 360 g/mol. The van der Waals surface area contributed by atoms with Gasteiger partial charge in [0.25, 0.3) is 0 Å². The molecule has 8 nitrogen and oxygen atoms in total. The van der Waals surface area contributed by atoms with E-state index >= 15 is 0 Å². The molecule has 1 aromatic carbocycles. The Morgan fingerprint density at radius 1 is 1.19 bits per heavy atom. The van der Waals surface area contributed by atoms with Crippen molar-refractivity contribution in [2.24, 2.45) is 0 Å². The Balaban J connectivity index is 1.35. The number of urea groups is 1. The van der Waals surface area contributed by atoms with Gasteiger partial charge in [0.15, 0.2) is 5.58 Å². The SMILES string of the molecule is O=C(CCCNC(=O)NC1CCCCC1)Nc1ccc2oc(=O)[nH]c2c1. The lowest BCUT2D eigenvalue weighted by atomic mass is 9.96. The zero-order chi connectivity index (χ0) is 18.4. The van der Waals surface area contributed by atoms with Crippen LogP contribution < -0.4 is 21.7 Å². The molecule has 1 saturated carbocycles. The maximum atomic E-state index is 12.0. The number of anilines is 1. The van der Waals surface area contributed by atoms with E-state index in [9.17, 15) is 14.4 Å². The minimum Gasteiger partial charge on any atom is -0.408 e. The first-order valence-corrected chi connectivity index (χ1v) is 9.07. The van der Waals surface area contributed by atoms with Crippen LogP contribution in [0.1, 0.15) is 44.9 Å². The van der Waals surface area contributed by atoms with Gasteiger partial charge in [0, 0.05) is 24.7 Å². The summed E-state index contributed by atoms with van der Waals surface area (Å²) in [7, 11) is 0. The van der Waals surface area contributed by atoms with E-state index in [1.54, 1.807) is 18.2 Å². The van der Waals surface area contributed by atoms with Crippen LogP contribution in [0.15, 0.2) is 27.4 Å². The lowest BCUT2D eigenvalue weighted by molar-refractivity contribution is -0.116. The van der Waals surface area contributed by atoms with Gasteiger partial charge < -0.3 is 20.4 Å². The first-order valence-electron chi connectivity index (χ1n) is 9.07. The number of fused-ring (bicyclic) bond motifs is 1. The van der Waals surface area contributed by atoms with E-state index in [4.69, 9.17) is 4.42 Å². The van der Waals surface area contributed by atoms with Crippen LogP contribution in [0.2, 0.25) is 0 Å². The van der Waals surface area contributed by atoms with E-state index in [1.807, 2.05) is 0 Å². The van der Waals surface area contributed by atoms with Crippen molar-refractivity contribution in [3.05, 3.63) is 28.7 Å². The number of H-pyrrole nitrogens is 1. The normalized spacial score (nSPS) is 14.9. The molecule has 0 aliphatic heterocycles. The molecule has 4 N–H and O–H groups in total. The highest BCUT2D eigenvalue weighted by Crippen LogP contribution is 2.17. The zero-order valence-electron chi connectivity index (χ0n) is 14.6. The van der Waals surface area contributed by atoms with Crippen molar-refractivity contribution in [1.29, 1.82) is 0 Å². The van der Waals surface area contributed by atoms with Crippen molar-refractivity contribution in [1.82, 2.24) is 15.6 Å². The summed E-state index contributed by atoms with van der Waals surface area (Å²) >= 11 is 0. The van der Waals surface area contributed by atoms with Gasteiger partial charge in [-0.05, 0) is 37.5 Å². The first-order chi connectivity index (χ1) is 12.6. The van der Waals surface area contributed by atoms with Crippen LogP contribution in [0.5, 0.6) is 0 Å². The second-order valence-electron chi connectivity index (χ2n) is 6.61. The molecular formula is C18H24N4O4. The number of rotatable bonds is 6. The van der Waals surface area contributed by atoms with E-state index in [1.165, 1.54) is 19.3 Å². The molecule has 1 aliphatic carbocycles. The third-order valence-electron chi connectivity index (χ3n) is 4.51.